The van der Waals surface area contributed by atoms with Gasteiger partial charge in [0.05, 0.1) is 10.9 Å². The second kappa shape index (κ2) is 12.9. The number of nitrogens with one attached hydrogen (secondary N) is 3. The third-order valence-corrected chi connectivity index (χ3v) is 6.87. The normalized spacial score (nSPS) is 13.3. The average Bonchev–Trinajstić information content (AvgIpc) is 2.95. The van der Waals surface area contributed by atoms with Gasteiger partial charge in [-0.3, -0.25) is 14.4 Å². The lowest BCUT2D eigenvalue weighted by molar-refractivity contribution is -0.142. The maximum absolute atomic E-state index is 13.8. The zero-order valence-corrected chi connectivity index (χ0v) is 22.7. The van der Waals surface area contributed by atoms with Gasteiger partial charge in [-0.05, 0) is 29.2 Å². The number of fused-ring (bicyclic) bond motifs is 1. The summed E-state index contributed by atoms with van der Waals surface area (Å²) in [5, 5.41) is 15.2. The maximum atomic E-state index is 13.8. The van der Waals surface area contributed by atoms with Crippen LogP contribution in [0.3, 0.4) is 0 Å². The van der Waals surface area contributed by atoms with Gasteiger partial charge >= 0.3 is 11.7 Å². The standard InChI is InChI=1S/C31H32N4O6/c1-19(2)26(28(37)32-24(30(39)40)17-20-11-5-3-6-12-20)34-27(36)25(18-21-13-7-4-8-14-21)35-29(38)22-15-9-10-16-23(22)33-31(35)41/h3-16,19,24-26H,17-18H2,1-2H3,(H,32,37)(H,33,41)(H,34,36)(H,39,40)/t24-,25-,26-/m0/s1. The summed E-state index contributed by atoms with van der Waals surface area (Å²) >= 11 is 0. The number of carbonyl (C=O) groups excluding carboxylic acids is 2. The summed E-state index contributed by atoms with van der Waals surface area (Å²) in [7, 11) is 0. The molecule has 4 aromatic rings. The molecule has 4 N–H and O–H groups in total. The first-order valence-corrected chi connectivity index (χ1v) is 13.3. The van der Waals surface area contributed by atoms with Crippen molar-refractivity contribution in [3.8, 4) is 0 Å². The molecule has 0 spiro atoms. The van der Waals surface area contributed by atoms with Crippen molar-refractivity contribution >= 4 is 28.7 Å². The van der Waals surface area contributed by atoms with Gasteiger partial charge in [0.25, 0.3) is 5.56 Å². The average molecular weight is 557 g/mol. The van der Waals surface area contributed by atoms with Crippen molar-refractivity contribution in [1.29, 1.82) is 0 Å². The molecular weight excluding hydrogens is 524 g/mol. The molecule has 0 aliphatic carbocycles. The molecule has 3 atom stereocenters. The van der Waals surface area contributed by atoms with Gasteiger partial charge in [-0.15, -0.1) is 0 Å². The monoisotopic (exact) mass is 556 g/mol. The van der Waals surface area contributed by atoms with Crippen LogP contribution in [0.4, 0.5) is 0 Å². The summed E-state index contributed by atoms with van der Waals surface area (Å²) < 4.78 is 0.870. The number of aliphatic carboxylic acids is 1. The Morgan fingerprint density at radius 1 is 0.780 bits per heavy atom. The second-order valence-corrected chi connectivity index (χ2v) is 10.2. The molecule has 10 heteroatoms. The van der Waals surface area contributed by atoms with Gasteiger partial charge in [0.2, 0.25) is 11.8 Å². The molecule has 0 radical (unpaired) electrons. The van der Waals surface area contributed by atoms with Crippen molar-refractivity contribution in [1.82, 2.24) is 20.2 Å². The van der Waals surface area contributed by atoms with Gasteiger partial charge in [0.15, 0.2) is 0 Å². The molecular formula is C31H32N4O6. The highest BCUT2D eigenvalue weighted by Gasteiger charge is 2.33. The molecule has 2 amide bonds. The van der Waals surface area contributed by atoms with E-state index < -0.39 is 53.1 Å². The summed E-state index contributed by atoms with van der Waals surface area (Å²) in [4.78, 5) is 68.3. The fourth-order valence-electron chi connectivity index (χ4n) is 4.69. The summed E-state index contributed by atoms with van der Waals surface area (Å²) in [5.41, 5.74) is 0.369. The van der Waals surface area contributed by atoms with E-state index in [0.717, 1.165) is 10.1 Å². The van der Waals surface area contributed by atoms with Crippen molar-refractivity contribution < 1.29 is 19.5 Å². The third kappa shape index (κ3) is 6.96. The fraction of sp³-hybridized carbons (Fsp3) is 0.258. The Kier molecular flexibility index (Phi) is 9.13. The number of amides is 2. The quantitative estimate of drug-likeness (QED) is 0.223. The highest BCUT2D eigenvalue weighted by Crippen LogP contribution is 2.15. The van der Waals surface area contributed by atoms with Gasteiger partial charge in [-0.25, -0.2) is 14.2 Å². The van der Waals surface area contributed by atoms with E-state index in [2.05, 4.69) is 15.6 Å². The van der Waals surface area contributed by atoms with Gasteiger partial charge in [-0.1, -0.05) is 86.6 Å². The Labute approximate surface area is 236 Å². The Hall–Kier alpha value is -4.99. The van der Waals surface area contributed by atoms with Crippen LogP contribution in [-0.2, 0) is 27.2 Å². The number of carboxylic acids is 1. The van der Waals surface area contributed by atoms with Crippen molar-refractivity contribution in [3.63, 3.8) is 0 Å². The summed E-state index contributed by atoms with van der Waals surface area (Å²) in [6.45, 7) is 3.41. The molecule has 0 unspecified atom stereocenters. The molecule has 41 heavy (non-hydrogen) atoms. The molecule has 4 rings (SSSR count). The van der Waals surface area contributed by atoms with Crippen molar-refractivity contribution in [3.05, 3.63) is 117 Å². The van der Waals surface area contributed by atoms with Crippen molar-refractivity contribution in [2.24, 2.45) is 5.92 Å². The number of carboxylic acid groups (broad SMARTS) is 1. The van der Waals surface area contributed by atoms with E-state index >= 15 is 0 Å². The molecule has 0 bridgehead atoms. The number of para-hydroxylation sites is 1. The number of rotatable bonds is 11. The Morgan fingerprint density at radius 2 is 1.34 bits per heavy atom. The number of aromatic amines is 1. The van der Waals surface area contributed by atoms with Crippen LogP contribution in [0.1, 0.15) is 31.0 Å². The van der Waals surface area contributed by atoms with Crippen molar-refractivity contribution in [2.45, 2.75) is 44.8 Å². The topological polar surface area (TPSA) is 150 Å². The molecule has 10 nitrogen and oxygen atoms in total. The molecule has 0 fully saturated rings. The van der Waals surface area contributed by atoms with Crippen LogP contribution in [0.15, 0.2) is 94.5 Å². The van der Waals surface area contributed by atoms with E-state index in [-0.39, 0.29) is 18.2 Å². The Balaban J connectivity index is 1.65. The van der Waals surface area contributed by atoms with Gasteiger partial charge in [0.1, 0.15) is 18.1 Å². The molecule has 0 saturated carbocycles. The predicted octanol–water partition coefficient (Wildman–Crippen LogP) is 2.43. The smallest absolute Gasteiger partial charge is 0.329 e. The molecule has 1 heterocycles. The van der Waals surface area contributed by atoms with Gasteiger partial charge in [-0.2, -0.15) is 0 Å². The number of carbonyl (C=O) groups is 3. The highest BCUT2D eigenvalue weighted by atomic mass is 16.4. The number of H-pyrrole nitrogens is 1. The number of nitrogens with zero attached hydrogens (tertiary/aromatic N) is 1. The zero-order chi connectivity index (χ0) is 29.5. The summed E-state index contributed by atoms with van der Waals surface area (Å²) in [6.07, 6.45) is 0.0609. The molecule has 0 aliphatic heterocycles. The highest BCUT2D eigenvalue weighted by molar-refractivity contribution is 5.92. The molecule has 1 aromatic heterocycles. The van der Waals surface area contributed by atoms with E-state index in [9.17, 15) is 29.1 Å². The fourth-order valence-corrected chi connectivity index (χ4v) is 4.69. The lowest BCUT2D eigenvalue weighted by atomic mass is 9.99. The third-order valence-electron chi connectivity index (χ3n) is 6.87. The van der Waals surface area contributed by atoms with E-state index in [4.69, 9.17) is 0 Å². The minimum atomic E-state index is -1.29. The lowest BCUT2D eigenvalue weighted by Crippen LogP contribution is -2.56. The van der Waals surface area contributed by atoms with E-state index in [1.54, 1.807) is 98.8 Å². The largest absolute Gasteiger partial charge is 0.480 e. The first kappa shape index (κ1) is 29.0. The minimum Gasteiger partial charge on any atom is -0.480 e. The van der Waals surface area contributed by atoms with E-state index in [1.807, 2.05) is 0 Å². The van der Waals surface area contributed by atoms with Crippen LogP contribution < -0.4 is 21.9 Å². The van der Waals surface area contributed by atoms with E-state index in [1.165, 1.54) is 0 Å². The van der Waals surface area contributed by atoms with Crippen LogP contribution in [-0.4, -0.2) is 44.5 Å². The number of hydrogen-bond donors (Lipinski definition) is 4. The van der Waals surface area contributed by atoms with Crippen LogP contribution in [0, 0.1) is 5.92 Å². The Morgan fingerprint density at radius 3 is 1.93 bits per heavy atom. The SMILES string of the molecule is CC(C)[C@H](NC(=O)[C@H](Cc1ccccc1)n1c(=O)[nH]c2ccccc2c1=O)C(=O)N[C@@H](Cc1ccccc1)C(=O)O. The molecule has 3 aromatic carbocycles. The summed E-state index contributed by atoms with van der Waals surface area (Å²) in [6, 6.07) is 20.6. The minimum absolute atomic E-state index is 0.00614. The lowest BCUT2D eigenvalue weighted by Gasteiger charge is -2.27. The maximum Gasteiger partial charge on any atom is 0.329 e. The van der Waals surface area contributed by atoms with Crippen molar-refractivity contribution in [2.75, 3.05) is 0 Å². The van der Waals surface area contributed by atoms with Crippen LogP contribution in [0.25, 0.3) is 10.9 Å². The van der Waals surface area contributed by atoms with Gasteiger partial charge in [0, 0.05) is 12.8 Å². The number of aromatic nitrogens is 2. The Bertz CT molecular complexity index is 1650. The molecule has 0 aliphatic rings. The van der Waals surface area contributed by atoms with Gasteiger partial charge < -0.3 is 20.7 Å². The number of benzene rings is 3. The number of hydrogen-bond acceptors (Lipinski definition) is 5. The zero-order valence-electron chi connectivity index (χ0n) is 22.7. The van der Waals surface area contributed by atoms with Crippen LogP contribution in [0.2, 0.25) is 0 Å². The predicted molar refractivity (Wildman–Crippen MR) is 154 cm³/mol. The van der Waals surface area contributed by atoms with E-state index in [0.29, 0.717) is 11.1 Å². The first-order valence-electron chi connectivity index (χ1n) is 13.3. The van der Waals surface area contributed by atoms with Crippen LogP contribution >= 0.6 is 0 Å². The first-order chi connectivity index (χ1) is 19.7. The summed E-state index contributed by atoms with van der Waals surface area (Å²) in [5.74, 6) is -3.06. The molecule has 0 saturated heterocycles. The molecule has 212 valence electrons. The van der Waals surface area contributed by atoms with Crippen LogP contribution in [0.5, 0.6) is 0 Å². The second-order valence-electron chi connectivity index (χ2n) is 10.2.